The van der Waals surface area contributed by atoms with Gasteiger partial charge in [0, 0.05) is 27.5 Å². The van der Waals surface area contributed by atoms with Crippen LogP contribution in [0.25, 0.3) is 99.5 Å². The van der Waals surface area contributed by atoms with Crippen LogP contribution >= 0.6 is 0 Å². The molecule has 4 nitrogen and oxygen atoms in total. The van der Waals surface area contributed by atoms with E-state index in [0.717, 1.165) is 55.1 Å². The standard InChI is InChI=1S/C45H27N3O/c1-3-11-28(12-4-1)43-46-44(29-13-5-2-6-14-29)48-45(47-43)32-21-23-35-33-15-7-8-16-34(33)39-25-30(19-22-36(39)40(35)26-32)31-20-24-38-37-17-9-10-18-41(37)49-42(38)27-31/h1-27H. The Labute approximate surface area is 282 Å². The average Bonchev–Trinajstić information content (AvgIpc) is 3.56. The van der Waals surface area contributed by atoms with Gasteiger partial charge in [-0.3, -0.25) is 0 Å². The fourth-order valence-corrected chi connectivity index (χ4v) is 7.12. The van der Waals surface area contributed by atoms with Crippen LogP contribution in [-0.4, -0.2) is 15.0 Å². The zero-order chi connectivity index (χ0) is 32.3. The smallest absolute Gasteiger partial charge is 0.164 e. The molecule has 0 aliphatic heterocycles. The zero-order valence-corrected chi connectivity index (χ0v) is 26.3. The van der Waals surface area contributed by atoms with E-state index in [4.69, 9.17) is 19.4 Å². The van der Waals surface area contributed by atoms with Gasteiger partial charge in [-0.15, -0.1) is 0 Å². The third kappa shape index (κ3) is 4.57. The van der Waals surface area contributed by atoms with Gasteiger partial charge in [-0.05, 0) is 73.8 Å². The minimum absolute atomic E-state index is 0.645. The minimum atomic E-state index is 0.645. The molecule has 0 fully saturated rings. The molecule has 0 N–H and O–H groups in total. The maximum Gasteiger partial charge on any atom is 0.164 e. The van der Waals surface area contributed by atoms with Crippen molar-refractivity contribution in [3.8, 4) is 45.3 Å². The van der Waals surface area contributed by atoms with E-state index >= 15 is 0 Å². The summed E-state index contributed by atoms with van der Waals surface area (Å²) < 4.78 is 6.24. The van der Waals surface area contributed by atoms with E-state index < -0.39 is 0 Å². The predicted octanol–water partition coefficient (Wildman–Crippen LogP) is 11.9. The van der Waals surface area contributed by atoms with Crippen LogP contribution in [0.2, 0.25) is 0 Å². The van der Waals surface area contributed by atoms with Crippen LogP contribution in [0.3, 0.4) is 0 Å². The first-order chi connectivity index (χ1) is 24.3. The highest BCUT2D eigenvalue weighted by Gasteiger charge is 2.16. The van der Waals surface area contributed by atoms with E-state index in [2.05, 4.69) is 91.0 Å². The van der Waals surface area contributed by atoms with E-state index in [1.165, 1.54) is 26.9 Å². The summed E-state index contributed by atoms with van der Waals surface area (Å²) in [6, 6.07) is 57.0. The molecule has 4 heteroatoms. The van der Waals surface area contributed by atoms with E-state index in [1.54, 1.807) is 0 Å². The van der Waals surface area contributed by atoms with Gasteiger partial charge in [-0.2, -0.15) is 0 Å². The maximum atomic E-state index is 6.24. The lowest BCUT2D eigenvalue weighted by Crippen LogP contribution is -2.00. The Morgan fingerprint density at radius 1 is 0.265 bits per heavy atom. The van der Waals surface area contributed by atoms with Crippen LogP contribution in [-0.2, 0) is 0 Å². The second-order valence-electron chi connectivity index (χ2n) is 12.4. The summed E-state index contributed by atoms with van der Waals surface area (Å²) in [6.45, 7) is 0. The molecule has 0 saturated carbocycles. The Balaban J connectivity index is 1.17. The van der Waals surface area contributed by atoms with E-state index in [9.17, 15) is 0 Å². The molecule has 0 unspecified atom stereocenters. The van der Waals surface area contributed by atoms with Crippen LogP contribution < -0.4 is 0 Å². The number of furan rings is 1. The lowest BCUT2D eigenvalue weighted by atomic mass is 9.91. The van der Waals surface area contributed by atoms with Crippen molar-refractivity contribution in [2.24, 2.45) is 0 Å². The quantitative estimate of drug-likeness (QED) is 0.183. The van der Waals surface area contributed by atoms with Crippen molar-refractivity contribution in [3.05, 3.63) is 164 Å². The normalized spacial score (nSPS) is 11.7. The molecule has 8 aromatic carbocycles. The lowest BCUT2D eigenvalue weighted by molar-refractivity contribution is 0.669. The average molecular weight is 626 g/mol. The van der Waals surface area contributed by atoms with Gasteiger partial charge < -0.3 is 4.42 Å². The Morgan fingerprint density at radius 3 is 1.33 bits per heavy atom. The Hall–Kier alpha value is -6.65. The molecule has 0 aliphatic carbocycles. The summed E-state index contributed by atoms with van der Waals surface area (Å²) >= 11 is 0. The first-order valence-electron chi connectivity index (χ1n) is 16.4. The van der Waals surface area contributed by atoms with Crippen LogP contribution in [0.5, 0.6) is 0 Å². The van der Waals surface area contributed by atoms with Gasteiger partial charge in [0.05, 0.1) is 0 Å². The van der Waals surface area contributed by atoms with Gasteiger partial charge in [0.2, 0.25) is 0 Å². The molecule has 2 aromatic heterocycles. The summed E-state index contributed by atoms with van der Waals surface area (Å²) in [4.78, 5) is 14.9. The van der Waals surface area contributed by atoms with Gasteiger partial charge in [0.15, 0.2) is 17.5 Å². The summed E-state index contributed by atoms with van der Waals surface area (Å²) in [5.74, 6) is 1.95. The molecule has 0 saturated heterocycles. The van der Waals surface area contributed by atoms with E-state index in [-0.39, 0.29) is 0 Å². The summed E-state index contributed by atoms with van der Waals surface area (Å²) in [6.07, 6.45) is 0. The highest BCUT2D eigenvalue weighted by atomic mass is 16.3. The van der Waals surface area contributed by atoms with Crippen LogP contribution in [0, 0.1) is 0 Å². The van der Waals surface area contributed by atoms with Crippen molar-refractivity contribution < 1.29 is 4.42 Å². The van der Waals surface area contributed by atoms with Gasteiger partial charge in [-0.25, -0.2) is 15.0 Å². The van der Waals surface area contributed by atoms with Gasteiger partial charge >= 0.3 is 0 Å². The monoisotopic (exact) mass is 625 g/mol. The third-order valence-corrected chi connectivity index (χ3v) is 9.51. The zero-order valence-electron chi connectivity index (χ0n) is 26.3. The summed E-state index contributed by atoms with van der Waals surface area (Å²) in [5, 5.41) is 9.46. The van der Waals surface area contributed by atoms with Crippen molar-refractivity contribution in [2.75, 3.05) is 0 Å². The summed E-state index contributed by atoms with van der Waals surface area (Å²) in [5.41, 5.74) is 6.93. The number of para-hydroxylation sites is 1. The number of fused-ring (bicyclic) bond motifs is 9. The largest absolute Gasteiger partial charge is 0.456 e. The van der Waals surface area contributed by atoms with Crippen molar-refractivity contribution in [2.45, 2.75) is 0 Å². The van der Waals surface area contributed by atoms with Crippen LogP contribution in [0.15, 0.2) is 168 Å². The van der Waals surface area contributed by atoms with Gasteiger partial charge in [0.25, 0.3) is 0 Å². The molecule has 0 amide bonds. The van der Waals surface area contributed by atoms with Crippen molar-refractivity contribution in [3.63, 3.8) is 0 Å². The fraction of sp³-hybridized carbons (Fsp3) is 0. The molecule has 0 bridgehead atoms. The highest BCUT2D eigenvalue weighted by Crippen LogP contribution is 2.40. The number of aromatic nitrogens is 3. The number of benzene rings is 8. The lowest BCUT2D eigenvalue weighted by Gasteiger charge is -2.14. The van der Waals surface area contributed by atoms with E-state index in [0.29, 0.717) is 17.5 Å². The van der Waals surface area contributed by atoms with Crippen molar-refractivity contribution in [1.82, 2.24) is 15.0 Å². The molecule has 0 spiro atoms. The third-order valence-electron chi connectivity index (χ3n) is 9.51. The van der Waals surface area contributed by atoms with Gasteiger partial charge in [0.1, 0.15) is 11.2 Å². The molecule has 0 aliphatic rings. The molecule has 0 atom stereocenters. The highest BCUT2D eigenvalue weighted by molar-refractivity contribution is 6.26. The van der Waals surface area contributed by atoms with Crippen LogP contribution in [0.1, 0.15) is 0 Å². The first kappa shape index (κ1) is 27.5. The molecule has 49 heavy (non-hydrogen) atoms. The second kappa shape index (κ2) is 11.0. The maximum absolute atomic E-state index is 6.24. The SMILES string of the molecule is c1ccc(-c2nc(-c3ccccc3)nc(-c3ccc4c5ccccc5c5cc(-c6ccc7c(c6)oc6ccccc67)ccc5c4c3)n2)cc1. The Morgan fingerprint density at radius 2 is 0.673 bits per heavy atom. The van der Waals surface area contributed by atoms with Gasteiger partial charge in [-0.1, -0.05) is 133 Å². The molecular weight excluding hydrogens is 599 g/mol. The van der Waals surface area contributed by atoms with Crippen LogP contribution in [0.4, 0.5) is 0 Å². The molecule has 10 rings (SSSR count). The van der Waals surface area contributed by atoms with Crippen molar-refractivity contribution >= 4 is 54.3 Å². The fourth-order valence-electron chi connectivity index (χ4n) is 7.12. The van der Waals surface area contributed by atoms with Crippen molar-refractivity contribution in [1.29, 1.82) is 0 Å². The topological polar surface area (TPSA) is 51.8 Å². The summed E-state index contributed by atoms with van der Waals surface area (Å²) in [7, 11) is 0. The molecular formula is C45H27N3O. The number of hydrogen-bond donors (Lipinski definition) is 0. The molecule has 0 radical (unpaired) electrons. The van der Waals surface area contributed by atoms with E-state index in [1.807, 2.05) is 72.8 Å². The molecule has 10 aromatic rings. The predicted molar refractivity (Wildman–Crippen MR) is 201 cm³/mol. The number of hydrogen-bond acceptors (Lipinski definition) is 4. The second-order valence-corrected chi connectivity index (χ2v) is 12.4. The Bertz CT molecular complexity index is 2820. The minimum Gasteiger partial charge on any atom is -0.456 e. The molecule has 2 heterocycles. The Kier molecular flexibility index (Phi) is 6.15. The number of nitrogens with zero attached hydrogens (tertiary/aromatic N) is 3. The number of rotatable bonds is 4. The molecule has 228 valence electrons. The first-order valence-corrected chi connectivity index (χ1v) is 16.4.